The number of carboxylic acids is 1. The van der Waals surface area contributed by atoms with Crippen LogP contribution >= 0.6 is 0 Å². The zero-order valence-corrected chi connectivity index (χ0v) is 11.0. The summed E-state index contributed by atoms with van der Waals surface area (Å²) in [6.07, 6.45) is -0.0761. The van der Waals surface area contributed by atoms with Crippen LogP contribution in [-0.2, 0) is 9.59 Å². The normalized spacial score (nSPS) is 12.2. The molecule has 0 unspecified atom stereocenters. The first kappa shape index (κ1) is 15.1. The monoisotopic (exact) mass is 267 g/mol. The second-order valence-corrected chi connectivity index (χ2v) is 4.77. The smallest absolute Gasteiger partial charge is 0.303 e. The summed E-state index contributed by atoms with van der Waals surface area (Å²) < 4.78 is 12.9. The van der Waals surface area contributed by atoms with Crippen molar-refractivity contribution in [1.82, 2.24) is 5.32 Å². The molecule has 0 aromatic heterocycles. The van der Waals surface area contributed by atoms with Crippen LogP contribution in [0.25, 0.3) is 0 Å². The first-order valence-electron chi connectivity index (χ1n) is 6.15. The van der Waals surface area contributed by atoms with Crippen LogP contribution in [0.3, 0.4) is 0 Å². The van der Waals surface area contributed by atoms with E-state index in [4.69, 9.17) is 5.11 Å². The maximum Gasteiger partial charge on any atom is 0.303 e. The van der Waals surface area contributed by atoms with Crippen LogP contribution in [0.1, 0.15) is 38.2 Å². The number of hydrogen-bond donors (Lipinski definition) is 2. The summed E-state index contributed by atoms with van der Waals surface area (Å²) in [7, 11) is 0. The number of halogens is 1. The average molecular weight is 267 g/mol. The molecule has 0 fully saturated rings. The number of aliphatic carboxylic acids is 1. The molecule has 1 atom stereocenters. The predicted octanol–water partition coefficient (Wildman–Crippen LogP) is 2.30. The van der Waals surface area contributed by atoms with Crippen LogP contribution in [0.5, 0.6) is 0 Å². The highest BCUT2D eigenvalue weighted by Crippen LogP contribution is 2.23. The van der Waals surface area contributed by atoms with Gasteiger partial charge in [-0.1, -0.05) is 12.1 Å². The molecule has 1 amide bonds. The Morgan fingerprint density at radius 3 is 2.26 bits per heavy atom. The van der Waals surface area contributed by atoms with Gasteiger partial charge >= 0.3 is 5.97 Å². The molecule has 0 aliphatic heterocycles. The van der Waals surface area contributed by atoms with Gasteiger partial charge in [-0.15, -0.1) is 0 Å². The maximum atomic E-state index is 12.9. The molecule has 0 aliphatic carbocycles. The van der Waals surface area contributed by atoms with E-state index in [0.717, 1.165) is 0 Å². The van der Waals surface area contributed by atoms with Crippen LogP contribution in [0.15, 0.2) is 24.3 Å². The van der Waals surface area contributed by atoms with E-state index in [9.17, 15) is 14.0 Å². The minimum atomic E-state index is -0.980. The minimum Gasteiger partial charge on any atom is -0.481 e. The van der Waals surface area contributed by atoms with Crippen molar-refractivity contribution in [2.45, 2.75) is 38.6 Å². The highest BCUT2D eigenvalue weighted by Gasteiger charge is 2.19. The van der Waals surface area contributed by atoms with Crippen LogP contribution < -0.4 is 5.32 Å². The van der Waals surface area contributed by atoms with Crippen LogP contribution in [0, 0.1) is 5.82 Å². The van der Waals surface area contributed by atoms with Crippen molar-refractivity contribution in [2.24, 2.45) is 0 Å². The third-order valence-electron chi connectivity index (χ3n) is 2.64. The zero-order valence-electron chi connectivity index (χ0n) is 11.0. The Hall–Kier alpha value is -1.91. The summed E-state index contributed by atoms with van der Waals surface area (Å²) in [5.74, 6) is -2.02. The number of carbonyl (C=O) groups is 2. The van der Waals surface area contributed by atoms with E-state index in [-0.39, 0.29) is 30.6 Å². The molecular weight excluding hydrogens is 249 g/mol. The summed E-state index contributed by atoms with van der Waals surface area (Å²) in [5, 5.41) is 11.6. The van der Waals surface area contributed by atoms with Gasteiger partial charge in [-0.3, -0.25) is 9.59 Å². The van der Waals surface area contributed by atoms with E-state index in [1.165, 1.54) is 24.3 Å². The molecule has 1 rings (SSSR count). The molecule has 0 spiro atoms. The standard InChI is InChI=1S/C14H18FNO3/c1-9(2)16-13(17)7-11(8-14(18)19)10-3-5-12(15)6-4-10/h3-6,9,11H,7-8H2,1-2H3,(H,16,17)(H,18,19)/t11-/m0/s1. The highest BCUT2D eigenvalue weighted by atomic mass is 19.1. The van der Waals surface area contributed by atoms with Crippen molar-refractivity contribution in [3.63, 3.8) is 0 Å². The van der Waals surface area contributed by atoms with E-state index < -0.39 is 11.9 Å². The Balaban J connectivity index is 2.79. The molecule has 4 nitrogen and oxygen atoms in total. The lowest BCUT2D eigenvalue weighted by Gasteiger charge is -2.16. The van der Waals surface area contributed by atoms with Gasteiger partial charge in [0.25, 0.3) is 0 Å². The summed E-state index contributed by atoms with van der Waals surface area (Å²) >= 11 is 0. The van der Waals surface area contributed by atoms with Gasteiger partial charge in [-0.25, -0.2) is 4.39 Å². The number of nitrogens with one attached hydrogen (secondary N) is 1. The Labute approximate surface area is 111 Å². The second-order valence-electron chi connectivity index (χ2n) is 4.77. The predicted molar refractivity (Wildman–Crippen MR) is 69.3 cm³/mol. The second kappa shape index (κ2) is 6.87. The van der Waals surface area contributed by atoms with Gasteiger partial charge in [0.2, 0.25) is 5.91 Å². The number of rotatable bonds is 6. The van der Waals surface area contributed by atoms with Gasteiger partial charge in [-0.2, -0.15) is 0 Å². The molecule has 0 saturated carbocycles. The van der Waals surface area contributed by atoms with Gasteiger partial charge in [0.05, 0.1) is 6.42 Å². The zero-order chi connectivity index (χ0) is 14.4. The van der Waals surface area contributed by atoms with Crippen molar-refractivity contribution in [1.29, 1.82) is 0 Å². The van der Waals surface area contributed by atoms with Crippen molar-refractivity contribution < 1.29 is 19.1 Å². The first-order chi connectivity index (χ1) is 8.88. The van der Waals surface area contributed by atoms with Crippen LogP contribution in [0.2, 0.25) is 0 Å². The molecule has 0 aliphatic rings. The lowest BCUT2D eigenvalue weighted by atomic mass is 9.92. The molecule has 1 aromatic rings. The van der Waals surface area contributed by atoms with E-state index in [2.05, 4.69) is 5.32 Å². The van der Waals surface area contributed by atoms with Gasteiger partial charge < -0.3 is 10.4 Å². The molecule has 19 heavy (non-hydrogen) atoms. The highest BCUT2D eigenvalue weighted by molar-refractivity contribution is 5.78. The Kier molecular flexibility index (Phi) is 5.48. The quantitative estimate of drug-likeness (QED) is 0.831. The Morgan fingerprint density at radius 1 is 1.21 bits per heavy atom. The van der Waals surface area contributed by atoms with Gasteiger partial charge in [0, 0.05) is 18.4 Å². The maximum absolute atomic E-state index is 12.9. The largest absolute Gasteiger partial charge is 0.481 e. The molecule has 5 heteroatoms. The molecule has 104 valence electrons. The van der Waals surface area contributed by atoms with E-state index >= 15 is 0 Å². The molecular formula is C14H18FNO3. The summed E-state index contributed by atoms with van der Waals surface area (Å²) in [4.78, 5) is 22.6. The Bertz CT molecular complexity index is 443. The van der Waals surface area contributed by atoms with Crippen LogP contribution in [0.4, 0.5) is 4.39 Å². The van der Waals surface area contributed by atoms with Crippen molar-refractivity contribution >= 4 is 11.9 Å². The molecule has 0 saturated heterocycles. The number of carboxylic acid groups (broad SMARTS) is 1. The molecule has 0 bridgehead atoms. The van der Waals surface area contributed by atoms with Gasteiger partial charge in [0.15, 0.2) is 0 Å². The SMILES string of the molecule is CC(C)NC(=O)C[C@@H](CC(=O)O)c1ccc(F)cc1. The molecule has 2 N–H and O–H groups in total. The number of benzene rings is 1. The fourth-order valence-electron chi connectivity index (χ4n) is 1.86. The van der Waals surface area contributed by atoms with Gasteiger partial charge in [0.1, 0.15) is 5.82 Å². The molecule has 0 radical (unpaired) electrons. The number of hydrogen-bond acceptors (Lipinski definition) is 2. The Morgan fingerprint density at radius 2 is 1.79 bits per heavy atom. The minimum absolute atomic E-state index is 0.00574. The summed E-state index contributed by atoms with van der Waals surface area (Å²) in [6, 6.07) is 5.58. The average Bonchev–Trinajstić information content (AvgIpc) is 2.27. The van der Waals surface area contributed by atoms with E-state index in [0.29, 0.717) is 5.56 Å². The van der Waals surface area contributed by atoms with Gasteiger partial charge in [-0.05, 0) is 31.5 Å². The lowest BCUT2D eigenvalue weighted by Crippen LogP contribution is -2.31. The third-order valence-corrected chi connectivity index (χ3v) is 2.64. The first-order valence-corrected chi connectivity index (χ1v) is 6.15. The van der Waals surface area contributed by atoms with E-state index in [1.807, 2.05) is 13.8 Å². The fourth-order valence-corrected chi connectivity index (χ4v) is 1.86. The lowest BCUT2D eigenvalue weighted by molar-refractivity contribution is -0.137. The third kappa shape index (κ3) is 5.50. The fraction of sp³-hybridized carbons (Fsp3) is 0.429. The molecule has 0 heterocycles. The summed E-state index contributed by atoms with van der Waals surface area (Å²) in [6.45, 7) is 3.67. The van der Waals surface area contributed by atoms with E-state index in [1.54, 1.807) is 0 Å². The van der Waals surface area contributed by atoms with Crippen molar-refractivity contribution in [2.75, 3.05) is 0 Å². The number of amides is 1. The molecule has 1 aromatic carbocycles. The summed E-state index contributed by atoms with van der Waals surface area (Å²) in [5.41, 5.74) is 0.655. The number of carbonyl (C=O) groups excluding carboxylic acids is 1. The van der Waals surface area contributed by atoms with Crippen molar-refractivity contribution in [3.05, 3.63) is 35.6 Å². The van der Waals surface area contributed by atoms with Crippen LogP contribution in [-0.4, -0.2) is 23.0 Å². The van der Waals surface area contributed by atoms with Crippen molar-refractivity contribution in [3.8, 4) is 0 Å². The topological polar surface area (TPSA) is 66.4 Å².